The van der Waals surface area contributed by atoms with Crippen molar-refractivity contribution in [2.24, 2.45) is 0 Å². The van der Waals surface area contributed by atoms with E-state index in [-0.39, 0.29) is 12.4 Å². The van der Waals surface area contributed by atoms with Gasteiger partial charge in [-0.2, -0.15) is 0 Å². The Bertz CT molecular complexity index is 933. The number of carboxylic acids is 1. The molecule has 1 aromatic heterocycles. The maximum absolute atomic E-state index is 13.5. The fourth-order valence-corrected chi connectivity index (χ4v) is 2.94. The van der Waals surface area contributed by atoms with Gasteiger partial charge in [0.05, 0.1) is 5.69 Å². The molecule has 1 aliphatic heterocycles. The molecule has 0 atom stereocenters. The van der Waals surface area contributed by atoms with Crippen LogP contribution in [0.3, 0.4) is 0 Å². The van der Waals surface area contributed by atoms with Gasteiger partial charge in [-0.3, -0.25) is 0 Å². The number of benzene rings is 2. The summed E-state index contributed by atoms with van der Waals surface area (Å²) in [6.45, 7) is 0.184. The van der Waals surface area contributed by atoms with Crippen molar-refractivity contribution in [3.05, 3.63) is 47.8 Å². The van der Waals surface area contributed by atoms with E-state index in [0.29, 0.717) is 12.3 Å². The fraction of sp³-hybridized carbons (Fsp3) is 0.118. The largest absolute Gasteiger partial charge is 0.482 e. The topological polar surface area (TPSA) is 74.3 Å². The summed E-state index contributed by atoms with van der Waals surface area (Å²) in [6, 6.07) is 10.1. The Labute approximate surface area is 130 Å². The number of rotatable bonds is 3. The van der Waals surface area contributed by atoms with Crippen LogP contribution in [0, 0.1) is 5.82 Å². The van der Waals surface area contributed by atoms with Crippen LogP contribution in [-0.4, -0.2) is 22.7 Å². The van der Waals surface area contributed by atoms with E-state index in [0.717, 1.165) is 33.4 Å². The highest BCUT2D eigenvalue weighted by molar-refractivity contribution is 5.95. The molecule has 116 valence electrons. The Morgan fingerprint density at radius 3 is 2.96 bits per heavy atom. The number of nitrogens with one attached hydrogen (secondary N) is 2. The predicted molar refractivity (Wildman–Crippen MR) is 84.2 cm³/mol. The zero-order chi connectivity index (χ0) is 16.0. The molecule has 23 heavy (non-hydrogen) atoms. The van der Waals surface area contributed by atoms with E-state index in [9.17, 15) is 9.18 Å². The Hall–Kier alpha value is -3.02. The number of ether oxygens (including phenoxy) is 1. The summed E-state index contributed by atoms with van der Waals surface area (Å²) in [5.41, 5.74) is 4.66. The minimum Gasteiger partial charge on any atom is -0.482 e. The lowest BCUT2D eigenvalue weighted by Gasteiger charge is -2.19. The van der Waals surface area contributed by atoms with E-state index in [1.165, 1.54) is 12.1 Å². The zero-order valence-corrected chi connectivity index (χ0v) is 12.0. The smallest absolute Gasteiger partial charge is 0.341 e. The molecule has 0 amide bonds. The molecule has 2 aromatic carbocycles. The number of anilines is 1. The molecule has 3 N–H and O–H groups in total. The highest BCUT2D eigenvalue weighted by Gasteiger charge is 2.21. The van der Waals surface area contributed by atoms with Gasteiger partial charge in [-0.05, 0) is 30.3 Å². The van der Waals surface area contributed by atoms with Gasteiger partial charge in [0.1, 0.15) is 11.6 Å². The second-order valence-electron chi connectivity index (χ2n) is 5.41. The normalized spacial score (nSPS) is 12.4. The number of H-pyrrole nitrogens is 1. The van der Waals surface area contributed by atoms with E-state index in [4.69, 9.17) is 9.84 Å². The van der Waals surface area contributed by atoms with Crippen LogP contribution in [0.5, 0.6) is 5.75 Å². The van der Waals surface area contributed by atoms with Gasteiger partial charge in [0.15, 0.2) is 6.61 Å². The van der Waals surface area contributed by atoms with Crippen LogP contribution in [-0.2, 0) is 11.3 Å². The maximum atomic E-state index is 13.5. The van der Waals surface area contributed by atoms with E-state index in [1.54, 1.807) is 18.2 Å². The molecule has 0 fully saturated rings. The first-order valence-electron chi connectivity index (χ1n) is 7.15. The Balaban J connectivity index is 1.78. The van der Waals surface area contributed by atoms with Crippen molar-refractivity contribution in [1.82, 2.24) is 4.98 Å². The van der Waals surface area contributed by atoms with Gasteiger partial charge in [-0.25, -0.2) is 9.18 Å². The number of halogens is 1. The fourth-order valence-electron chi connectivity index (χ4n) is 2.94. The second-order valence-corrected chi connectivity index (χ2v) is 5.41. The van der Waals surface area contributed by atoms with Crippen molar-refractivity contribution in [1.29, 1.82) is 0 Å². The highest BCUT2D eigenvalue weighted by atomic mass is 19.1. The molecular weight excluding hydrogens is 299 g/mol. The number of aromatic amines is 1. The van der Waals surface area contributed by atoms with Gasteiger partial charge in [0.2, 0.25) is 0 Å². The molecule has 0 radical (unpaired) electrons. The van der Waals surface area contributed by atoms with Gasteiger partial charge in [-0.15, -0.1) is 0 Å². The number of fused-ring (bicyclic) bond motifs is 5. The second kappa shape index (κ2) is 5.01. The number of hydrogen-bond donors (Lipinski definition) is 3. The van der Waals surface area contributed by atoms with Gasteiger partial charge in [0.25, 0.3) is 0 Å². The average Bonchev–Trinajstić information content (AvgIpc) is 2.90. The van der Waals surface area contributed by atoms with Gasteiger partial charge < -0.3 is 20.1 Å². The number of carbonyl (C=O) groups is 1. The molecule has 6 heteroatoms. The van der Waals surface area contributed by atoms with Crippen molar-refractivity contribution in [3.8, 4) is 17.0 Å². The summed E-state index contributed by atoms with van der Waals surface area (Å²) < 4.78 is 18.7. The van der Waals surface area contributed by atoms with Crippen LogP contribution in [0.1, 0.15) is 5.56 Å². The zero-order valence-electron chi connectivity index (χ0n) is 12.0. The molecule has 0 saturated carbocycles. The lowest BCUT2D eigenvalue weighted by Crippen LogP contribution is -2.11. The first-order valence-corrected chi connectivity index (χ1v) is 7.15. The first-order chi connectivity index (χ1) is 11.1. The van der Waals surface area contributed by atoms with Crippen LogP contribution in [0.4, 0.5) is 10.1 Å². The third-order valence-electron chi connectivity index (χ3n) is 3.95. The number of aliphatic carboxylic acids is 1. The third kappa shape index (κ3) is 2.28. The van der Waals surface area contributed by atoms with Crippen LogP contribution >= 0.6 is 0 Å². The molecule has 5 nitrogen and oxygen atoms in total. The molecule has 0 spiro atoms. The molecule has 0 bridgehead atoms. The monoisotopic (exact) mass is 312 g/mol. The maximum Gasteiger partial charge on any atom is 0.341 e. The third-order valence-corrected chi connectivity index (χ3v) is 3.95. The van der Waals surface area contributed by atoms with Crippen molar-refractivity contribution in [3.63, 3.8) is 0 Å². The van der Waals surface area contributed by atoms with Crippen molar-refractivity contribution in [2.45, 2.75) is 6.54 Å². The van der Waals surface area contributed by atoms with E-state index < -0.39 is 5.97 Å². The summed E-state index contributed by atoms with van der Waals surface area (Å²) in [5, 5.41) is 12.8. The van der Waals surface area contributed by atoms with Gasteiger partial charge >= 0.3 is 5.97 Å². The molecule has 0 aliphatic carbocycles. The summed E-state index contributed by atoms with van der Waals surface area (Å²) in [6.07, 6.45) is 0. The average molecular weight is 312 g/mol. The molecule has 0 unspecified atom stereocenters. The van der Waals surface area contributed by atoms with Crippen molar-refractivity contribution in [2.75, 3.05) is 11.9 Å². The number of carboxylic acid groups (broad SMARTS) is 1. The Kier molecular flexibility index (Phi) is 2.97. The lowest BCUT2D eigenvalue weighted by molar-refractivity contribution is -0.139. The Morgan fingerprint density at radius 1 is 1.26 bits per heavy atom. The molecule has 3 aromatic rings. The van der Waals surface area contributed by atoms with Crippen molar-refractivity contribution < 1.29 is 19.0 Å². The first kappa shape index (κ1) is 13.6. The predicted octanol–water partition coefficient (Wildman–Crippen LogP) is 3.36. The van der Waals surface area contributed by atoms with Crippen LogP contribution < -0.4 is 10.1 Å². The summed E-state index contributed by atoms with van der Waals surface area (Å²) in [4.78, 5) is 13.9. The van der Waals surface area contributed by atoms with Gasteiger partial charge in [-0.1, -0.05) is 0 Å². The summed E-state index contributed by atoms with van der Waals surface area (Å²) in [7, 11) is 0. The standard InChI is InChI=1S/C17H13FN2O3/c18-9-1-4-14-12(5-9)13-7-19-15-6-10(23-8-16(21)22)2-3-11(15)17(13)20-14/h1-6,19-20H,7-8H2,(H,21,22). The molecule has 2 heterocycles. The minimum absolute atomic E-state index is 0.262. The van der Waals surface area contributed by atoms with Crippen LogP contribution in [0.25, 0.3) is 22.2 Å². The van der Waals surface area contributed by atoms with E-state index in [2.05, 4.69) is 10.3 Å². The van der Waals surface area contributed by atoms with E-state index >= 15 is 0 Å². The van der Waals surface area contributed by atoms with Crippen LogP contribution in [0.15, 0.2) is 36.4 Å². The molecule has 4 rings (SSSR count). The van der Waals surface area contributed by atoms with Crippen LogP contribution in [0.2, 0.25) is 0 Å². The number of aromatic nitrogens is 1. The molecule has 0 saturated heterocycles. The quantitative estimate of drug-likeness (QED) is 0.693. The summed E-state index contributed by atoms with van der Waals surface area (Å²) in [5.74, 6) is -0.789. The van der Waals surface area contributed by atoms with Crippen molar-refractivity contribution >= 4 is 22.6 Å². The number of hydrogen-bond acceptors (Lipinski definition) is 3. The lowest BCUT2D eigenvalue weighted by atomic mass is 9.99. The molecular formula is C17H13FN2O3. The summed E-state index contributed by atoms with van der Waals surface area (Å²) >= 11 is 0. The van der Waals surface area contributed by atoms with E-state index in [1.807, 2.05) is 6.07 Å². The highest BCUT2D eigenvalue weighted by Crippen LogP contribution is 2.40. The Morgan fingerprint density at radius 2 is 2.13 bits per heavy atom. The minimum atomic E-state index is -1.02. The SMILES string of the molecule is O=C(O)COc1ccc2c(c1)NCc1c-2[nH]c2ccc(F)cc12. The molecule has 1 aliphatic rings. The van der Waals surface area contributed by atoms with Gasteiger partial charge in [0, 0.05) is 40.3 Å².